The van der Waals surface area contributed by atoms with Crippen molar-refractivity contribution in [3.8, 4) is 0 Å². The number of amidine groups is 1. The summed E-state index contributed by atoms with van der Waals surface area (Å²) in [5, 5.41) is 12.7. The predicted molar refractivity (Wildman–Crippen MR) is 147 cm³/mol. The molecule has 10 nitrogen and oxygen atoms in total. The van der Waals surface area contributed by atoms with Gasteiger partial charge in [0.25, 0.3) is 11.8 Å². The first-order chi connectivity index (χ1) is 18.1. The third-order valence-corrected chi connectivity index (χ3v) is 6.59. The second kappa shape index (κ2) is 10.2. The molecular weight excluding hydrogens is 576 g/mol. The minimum atomic E-state index is -0.419. The van der Waals surface area contributed by atoms with E-state index in [9.17, 15) is 14.4 Å². The van der Waals surface area contributed by atoms with Crippen LogP contribution in [-0.4, -0.2) is 38.6 Å². The number of amides is 2. The fourth-order valence-electron chi connectivity index (χ4n) is 3.77. The van der Waals surface area contributed by atoms with Crippen LogP contribution < -0.4 is 15.8 Å². The summed E-state index contributed by atoms with van der Waals surface area (Å²) in [6.07, 6.45) is -0.0663. The highest BCUT2D eigenvalue weighted by atomic mass is 35.5. The maximum atomic E-state index is 12.9. The molecule has 0 spiro atoms. The van der Waals surface area contributed by atoms with E-state index in [1.165, 1.54) is 30.1 Å². The van der Waals surface area contributed by atoms with Crippen LogP contribution in [0.4, 0.5) is 17.1 Å². The third kappa shape index (κ3) is 5.03. The Balaban J connectivity index is 1.36. The molecule has 1 aliphatic heterocycles. The van der Waals surface area contributed by atoms with Crippen molar-refractivity contribution in [1.82, 2.24) is 20.4 Å². The van der Waals surface area contributed by atoms with E-state index in [1.807, 2.05) is 0 Å². The van der Waals surface area contributed by atoms with Gasteiger partial charge in [0.1, 0.15) is 17.0 Å². The number of rotatable bonds is 4. The van der Waals surface area contributed by atoms with Gasteiger partial charge < -0.3 is 5.32 Å². The maximum absolute atomic E-state index is 12.9. The molecular formula is C24H15Cl4N7O3. The van der Waals surface area contributed by atoms with Gasteiger partial charge in [-0.1, -0.05) is 51.6 Å². The summed E-state index contributed by atoms with van der Waals surface area (Å²) in [5.41, 5.74) is 5.07. The Hall–Kier alpha value is -3.70. The van der Waals surface area contributed by atoms with E-state index in [2.05, 4.69) is 26.0 Å². The number of fused-ring (bicyclic) bond motifs is 1. The van der Waals surface area contributed by atoms with Crippen LogP contribution in [0.2, 0.25) is 20.1 Å². The van der Waals surface area contributed by atoms with Crippen LogP contribution in [0, 0.1) is 0 Å². The first-order valence-corrected chi connectivity index (χ1v) is 12.4. The molecule has 14 heteroatoms. The molecule has 1 aromatic heterocycles. The van der Waals surface area contributed by atoms with Gasteiger partial charge in [-0.15, -0.1) is 5.10 Å². The number of hydrogen-bond donors (Lipinski definition) is 2. The molecule has 2 N–H and O–H groups in total. The van der Waals surface area contributed by atoms with Crippen molar-refractivity contribution in [2.24, 2.45) is 4.99 Å². The molecule has 0 unspecified atom stereocenters. The minimum absolute atomic E-state index is 0.0663. The van der Waals surface area contributed by atoms with Gasteiger partial charge in [0.2, 0.25) is 5.91 Å². The average molecular weight is 591 g/mol. The van der Waals surface area contributed by atoms with E-state index in [0.717, 1.165) is 4.68 Å². The number of halogens is 4. The lowest BCUT2D eigenvalue weighted by Gasteiger charge is -2.19. The van der Waals surface area contributed by atoms with E-state index >= 15 is 0 Å². The zero-order valence-corrected chi connectivity index (χ0v) is 22.3. The van der Waals surface area contributed by atoms with Gasteiger partial charge >= 0.3 is 0 Å². The first kappa shape index (κ1) is 25.9. The van der Waals surface area contributed by atoms with E-state index in [0.29, 0.717) is 43.9 Å². The molecule has 0 aliphatic carbocycles. The summed E-state index contributed by atoms with van der Waals surface area (Å²) >= 11 is 24.8. The molecule has 2 heterocycles. The number of hydrogen-bond acceptors (Lipinski definition) is 6. The highest BCUT2D eigenvalue weighted by molar-refractivity contribution is 6.42. The van der Waals surface area contributed by atoms with E-state index in [-0.39, 0.29) is 34.0 Å². The number of benzene rings is 3. The number of nitrogens with one attached hydrogen (secondary N) is 2. The van der Waals surface area contributed by atoms with Crippen LogP contribution in [-0.2, 0) is 4.79 Å². The van der Waals surface area contributed by atoms with Crippen LogP contribution in [0.25, 0.3) is 11.0 Å². The van der Waals surface area contributed by atoms with Gasteiger partial charge in [0, 0.05) is 23.2 Å². The first-order valence-electron chi connectivity index (χ1n) is 10.9. The highest BCUT2D eigenvalue weighted by Crippen LogP contribution is 2.37. The third-order valence-electron chi connectivity index (χ3n) is 5.48. The van der Waals surface area contributed by atoms with E-state index < -0.39 is 5.91 Å². The van der Waals surface area contributed by atoms with Crippen molar-refractivity contribution >= 4 is 98.1 Å². The molecule has 1 aliphatic rings. The Kier molecular flexibility index (Phi) is 6.97. The molecule has 3 aromatic carbocycles. The number of nitrogens with zero attached hydrogens (tertiary/aromatic N) is 5. The molecule has 1 saturated heterocycles. The van der Waals surface area contributed by atoms with Crippen LogP contribution in [0.3, 0.4) is 0 Å². The molecule has 0 saturated carbocycles. The van der Waals surface area contributed by atoms with E-state index in [4.69, 9.17) is 46.4 Å². The lowest BCUT2D eigenvalue weighted by atomic mass is 10.1. The lowest BCUT2D eigenvalue weighted by Crippen LogP contribution is -2.36. The number of aromatic nitrogens is 3. The smallest absolute Gasteiger partial charge is 0.255 e. The SMILES string of the molecule is CC(=O)n1nnc2cc(C(=O)Nc3ccc(Cl)c(N=C4CC(=O)N(c5c(Cl)cc(Cl)cc5Cl)N4)c3)ccc21. The summed E-state index contributed by atoms with van der Waals surface area (Å²) in [5.74, 6) is -0.757. The second-order valence-electron chi connectivity index (χ2n) is 8.14. The normalized spacial score (nSPS) is 14.3. The zero-order valence-electron chi connectivity index (χ0n) is 19.3. The van der Waals surface area contributed by atoms with Crippen LogP contribution in [0.5, 0.6) is 0 Å². The number of aliphatic imine (C=N–C) groups is 1. The Morgan fingerprint density at radius 3 is 2.45 bits per heavy atom. The predicted octanol–water partition coefficient (Wildman–Crippen LogP) is 5.93. The van der Waals surface area contributed by atoms with Crippen molar-refractivity contribution in [1.29, 1.82) is 0 Å². The fourth-order valence-corrected chi connectivity index (χ4v) is 4.91. The number of hydrazine groups is 1. The lowest BCUT2D eigenvalue weighted by molar-refractivity contribution is -0.116. The molecule has 0 radical (unpaired) electrons. The van der Waals surface area contributed by atoms with Crippen molar-refractivity contribution in [3.05, 3.63) is 74.2 Å². The Bertz CT molecular complexity index is 1660. The molecule has 4 aromatic rings. The number of carbonyl (C=O) groups excluding carboxylic acids is 3. The zero-order chi connectivity index (χ0) is 27.1. The molecule has 2 amide bonds. The molecule has 0 atom stereocenters. The Morgan fingerprint density at radius 1 is 1.00 bits per heavy atom. The quantitative estimate of drug-likeness (QED) is 0.304. The highest BCUT2D eigenvalue weighted by Gasteiger charge is 2.30. The van der Waals surface area contributed by atoms with Gasteiger partial charge in [-0.2, -0.15) is 4.68 Å². The largest absolute Gasteiger partial charge is 0.322 e. The van der Waals surface area contributed by atoms with Crippen molar-refractivity contribution in [3.63, 3.8) is 0 Å². The Labute approximate surface area is 235 Å². The number of anilines is 2. The standard InChI is InChI=1S/C24H15Cl4N7O3/c1-11(36)34-20-5-2-12(6-19(20)31-33-34)24(38)29-14-3-4-15(26)18(9-14)30-21-10-22(37)35(32-21)23-16(27)7-13(25)8-17(23)28/h2-9H,10H2,1H3,(H,29,38)(H,30,32). The molecule has 192 valence electrons. The summed E-state index contributed by atoms with van der Waals surface area (Å²) in [6, 6.07) is 12.4. The molecule has 5 rings (SSSR count). The van der Waals surface area contributed by atoms with Crippen LogP contribution in [0.1, 0.15) is 28.5 Å². The minimum Gasteiger partial charge on any atom is -0.322 e. The van der Waals surface area contributed by atoms with Crippen LogP contribution >= 0.6 is 46.4 Å². The monoisotopic (exact) mass is 589 g/mol. The number of carbonyl (C=O) groups is 3. The summed E-state index contributed by atoms with van der Waals surface area (Å²) < 4.78 is 1.15. The molecule has 1 fully saturated rings. The van der Waals surface area contributed by atoms with E-state index in [1.54, 1.807) is 30.3 Å². The van der Waals surface area contributed by atoms with Gasteiger partial charge in [-0.05, 0) is 48.5 Å². The van der Waals surface area contributed by atoms with Crippen molar-refractivity contribution < 1.29 is 14.4 Å². The summed E-state index contributed by atoms with van der Waals surface area (Å²) in [7, 11) is 0. The Morgan fingerprint density at radius 2 is 1.74 bits per heavy atom. The van der Waals surface area contributed by atoms with Gasteiger partial charge in [0.15, 0.2) is 0 Å². The van der Waals surface area contributed by atoms with Gasteiger partial charge in [-0.3, -0.25) is 19.8 Å². The van der Waals surface area contributed by atoms with Crippen LogP contribution in [0.15, 0.2) is 53.5 Å². The van der Waals surface area contributed by atoms with Crippen molar-refractivity contribution in [2.75, 3.05) is 10.3 Å². The van der Waals surface area contributed by atoms with Crippen molar-refractivity contribution in [2.45, 2.75) is 13.3 Å². The fraction of sp³-hybridized carbons (Fsp3) is 0.0833. The molecule has 0 bridgehead atoms. The summed E-state index contributed by atoms with van der Waals surface area (Å²) in [6.45, 7) is 1.37. The summed E-state index contributed by atoms with van der Waals surface area (Å²) in [4.78, 5) is 41.6. The topological polar surface area (TPSA) is 122 Å². The van der Waals surface area contributed by atoms with Gasteiger partial charge in [-0.25, -0.2) is 10.0 Å². The molecule has 38 heavy (non-hydrogen) atoms. The average Bonchev–Trinajstić information content (AvgIpc) is 3.43. The maximum Gasteiger partial charge on any atom is 0.255 e. The van der Waals surface area contributed by atoms with Gasteiger partial charge in [0.05, 0.1) is 32.7 Å². The second-order valence-corrected chi connectivity index (χ2v) is 9.80.